The summed E-state index contributed by atoms with van der Waals surface area (Å²) in [5, 5.41) is 11.4. The molecule has 12 heteroatoms. The van der Waals surface area contributed by atoms with Gasteiger partial charge in [0.05, 0.1) is 23.0 Å². The molecule has 0 unspecified atom stereocenters. The van der Waals surface area contributed by atoms with Crippen LogP contribution in [0.15, 0.2) is 66.7 Å². The van der Waals surface area contributed by atoms with Crippen molar-refractivity contribution in [3.8, 4) is 11.4 Å². The predicted molar refractivity (Wildman–Crippen MR) is 156 cm³/mol. The minimum absolute atomic E-state index is 0.0259. The van der Waals surface area contributed by atoms with Gasteiger partial charge in [-0.1, -0.05) is 36.4 Å². The van der Waals surface area contributed by atoms with Gasteiger partial charge in [0, 0.05) is 36.6 Å². The van der Waals surface area contributed by atoms with Crippen LogP contribution in [0.2, 0.25) is 0 Å². The molecule has 2 N–H and O–H groups in total. The second-order valence-corrected chi connectivity index (χ2v) is 11.6. The number of hydrogen-bond donors (Lipinski definition) is 2. The van der Waals surface area contributed by atoms with Crippen LogP contribution in [0.4, 0.5) is 26.3 Å². The Labute approximate surface area is 255 Å². The van der Waals surface area contributed by atoms with Gasteiger partial charge in [-0.25, -0.2) is 4.98 Å². The number of rotatable bonds is 8. The fourth-order valence-corrected chi connectivity index (χ4v) is 6.34. The summed E-state index contributed by atoms with van der Waals surface area (Å²) in [6.07, 6.45) is -8.22. The zero-order valence-corrected chi connectivity index (χ0v) is 24.3. The molecule has 5 rings (SSSR count). The van der Waals surface area contributed by atoms with Crippen molar-refractivity contribution in [3.63, 3.8) is 0 Å². The number of nitrogens with one attached hydrogen (secondary N) is 1. The van der Waals surface area contributed by atoms with Crippen LogP contribution in [0.5, 0.6) is 0 Å². The van der Waals surface area contributed by atoms with E-state index in [1.54, 1.807) is 35.9 Å². The van der Waals surface area contributed by atoms with Gasteiger partial charge in [0.2, 0.25) is 0 Å². The van der Waals surface area contributed by atoms with Gasteiger partial charge in [0.25, 0.3) is 5.91 Å². The summed E-state index contributed by atoms with van der Waals surface area (Å²) < 4.78 is 81.1. The zero-order valence-electron chi connectivity index (χ0n) is 24.3. The second kappa shape index (κ2) is 12.2. The molecule has 1 aromatic heterocycles. The van der Waals surface area contributed by atoms with Crippen molar-refractivity contribution in [2.75, 3.05) is 6.54 Å². The van der Waals surface area contributed by atoms with Gasteiger partial charge in [-0.05, 0) is 73.1 Å². The molecule has 3 aromatic carbocycles. The lowest BCUT2D eigenvalue weighted by Crippen LogP contribution is -2.34. The Balaban J connectivity index is 1.45. The summed E-state index contributed by atoms with van der Waals surface area (Å²) in [6.45, 7) is -0.0259. The van der Waals surface area contributed by atoms with E-state index in [0.29, 0.717) is 48.2 Å². The van der Waals surface area contributed by atoms with E-state index in [4.69, 9.17) is 5.11 Å². The Kier molecular flexibility index (Phi) is 8.70. The summed E-state index contributed by atoms with van der Waals surface area (Å²) in [6, 6.07) is 17.6. The summed E-state index contributed by atoms with van der Waals surface area (Å²) in [7, 11) is 1.72. The number of alkyl halides is 6. The topological polar surface area (TPSA) is 84.2 Å². The molecule has 1 saturated carbocycles. The number of hydrogen-bond acceptors (Lipinski definition) is 3. The molecule has 6 nitrogen and oxygen atoms in total. The second-order valence-electron chi connectivity index (χ2n) is 11.6. The quantitative estimate of drug-likeness (QED) is 0.194. The van der Waals surface area contributed by atoms with E-state index in [1.807, 2.05) is 24.3 Å². The smallest absolute Gasteiger partial charge is 0.416 e. The van der Waals surface area contributed by atoms with Crippen molar-refractivity contribution in [2.45, 2.75) is 56.3 Å². The number of fused-ring (bicyclic) bond motifs is 1. The lowest BCUT2D eigenvalue weighted by Gasteiger charge is -2.41. The molecule has 0 bridgehead atoms. The van der Waals surface area contributed by atoms with E-state index >= 15 is 0 Å². The molecular weight excluding hydrogens is 600 g/mol. The van der Waals surface area contributed by atoms with Gasteiger partial charge in [-0.15, -0.1) is 0 Å². The Morgan fingerprint density at radius 3 is 2.09 bits per heavy atom. The SMILES string of the molecule is Cn1c(-c2ccc(C3(c4ccc(C(=O)NCCC(=O)O)cc4)CCC(CC(F)(F)F)CC3)cc2)nc2cc(C(F)(F)F)ccc21. The standard InChI is InChI=1S/C33H31F6N3O3/c1-42-27-11-10-25(33(37,38)39)18-26(27)41-29(42)21-2-6-23(7-3-21)31(15-12-20(13-16-31)19-32(34,35)36)24-8-4-22(5-9-24)30(45)40-17-14-28(43)44/h2-11,18,20H,12-17,19H2,1H3,(H,40,45)(H,43,44). The first kappa shape index (κ1) is 32.1. The third-order valence-corrected chi connectivity index (χ3v) is 8.71. The first-order chi connectivity index (χ1) is 21.2. The van der Waals surface area contributed by atoms with Crippen LogP contribution in [0.3, 0.4) is 0 Å². The molecule has 1 heterocycles. The fraction of sp³-hybridized carbons (Fsp3) is 0.364. The highest BCUT2D eigenvalue weighted by molar-refractivity contribution is 5.94. The first-order valence-electron chi connectivity index (χ1n) is 14.5. The van der Waals surface area contributed by atoms with Crippen LogP contribution in [-0.4, -0.2) is 39.3 Å². The zero-order chi connectivity index (χ0) is 32.6. The Bertz CT molecular complexity index is 1680. The Hall–Kier alpha value is -4.35. The van der Waals surface area contributed by atoms with Crippen LogP contribution >= 0.6 is 0 Å². The maximum Gasteiger partial charge on any atom is 0.416 e. The summed E-state index contributed by atoms with van der Waals surface area (Å²) in [5.41, 5.74) is 2.02. The van der Waals surface area contributed by atoms with Crippen molar-refractivity contribution in [3.05, 3.63) is 89.0 Å². The normalized spacial score (nSPS) is 19.0. The van der Waals surface area contributed by atoms with Gasteiger partial charge in [-0.2, -0.15) is 26.3 Å². The highest BCUT2D eigenvalue weighted by Crippen LogP contribution is 2.49. The van der Waals surface area contributed by atoms with E-state index in [0.717, 1.165) is 23.3 Å². The molecule has 0 radical (unpaired) electrons. The predicted octanol–water partition coefficient (Wildman–Crippen LogP) is 7.89. The van der Waals surface area contributed by atoms with Crippen LogP contribution in [0.1, 0.15) is 65.6 Å². The molecule has 0 saturated heterocycles. The minimum Gasteiger partial charge on any atom is -0.481 e. The molecule has 1 amide bonds. The number of amides is 1. The summed E-state index contributed by atoms with van der Waals surface area (Å²) >= 11 is 0. The van der Waals surface area contributed by atoms with Gasteiger partial charge < -0.3 is 15.0 Å². The Morgan fingerprint density at radius 2 is 1.53 bits per heavy atom. The highest BCUT2D eigenvalue weighted by Gasteiger charge is 2.42. The van der Waals surface area contributed by atoms with Gasteiger partial charge in [0.1, 0.15) is 5.82 Å². The molecule has 4 aromatic rings. The number of nitrogens with zero attached hydrogens (tertiary/aromatic N) is 2. The maximum atomic E-state index is 13.3. The molecule has 238 valence electrons. The van der Waals surface area contributed by atoms with Gasteiger partial charge >= 0.3 is 18.3 Å². The van der Waals surface area contributed by atoms with Crippen LogP contribution in [-0.2, 0) is 23.4 Å². The van der Waals surface area contributed by atoms with Crippen LogP contribution in [0, 0.1) is 5.92 Å². The van der Waals surface area contributed by atoms with Crippen molar-refractivity contribution >= 4 is 22.9 Å². The largest absolute Gasteiger partial charge is 0.481 e. The van der Waals surface area contributed by atoms with Gasteiger partial charge in [-0.3, -0.25) is 9.59 Å². The van der Waals surface area contributed by atoms with Crippen molar-refractivity contribution in [1.29, 1.82) is 0 Å². The molecule has 0 atom stereocenters. The number of aryl methyl sites for hydroxylation is 1. The van der Waals surface area contributed by atoms with E-state index < -0.39 is 47.5 Å². The molecule has 1 aliphatic carbocycles. The molecule has 1 fully saturated rings. The van der Waals surface area contributed by atoms with Crippen molar-refractivity contribution in [1.82, 2.24) is 14.9 Å². The minimum atomic E-state index is -4.50. The van der Waals surface area contributed by atoms with Crippen molar-refractivity contribution in [2.24, 2.45) is 13.0 Å². The monoisotopic (exact) mass is 631 g/mol. The van der Waals surface area contributed by atoms with Crippen LogP contribution in [0.25, 0.3) is 22.4 Å². The average Bonchev–Trinajstić information content (AvgIpc) is 3.32. The van der Waals surface area contributed by atoms with E-state index in [-0.39, 0.29) is 18.5 Å². The number of imidazole rings is 1. The number of aliphatic carboxylic acids is 1. The summed E-state index contributed by atoms with van der Waals surface area (Å²) in [4.78, 5) is 27.7. The summed E-state index contributed by atoms with van der Waals surface area (Å²) in [5.74, 6) is -1.50. The number of carbonyl (C=O) groups is 2. The third-order valence-electron chi connectivity index (χ3n) is 8.71. The first-order valence-corrected chi connectivity index (χ1v) is 14.5. The van der Waals surface area contributed by atoms with Crippen molar-refractivity contribution < 1.29 is 41.0 Å². The van der Waals surface area contributed by atoms with E-state index in [2.05, 4.69) is 10.3 Å². The molecular formula is C33H31F6N3O3. The molecule has 45 heavy (non-hydrogen) atoms. The number of carboxylic acids is 1. The Morgan fingerprint density at radius 1 is 0.933 bits per heavy atom. The van der Waals surface area contributed by atoms with E-state index in [1.165, 1.54) is 6.07 Å². The number of carbonyl (C=O) groups excluding carboxylic acids is 1. The fourth-order valence-electron chi connectivity index (χ4n) is 6.34. The van der Waals surface area contributed by atoms with Crippen LogP contribution < -0.4 is 5.32 Å². The third kappa shape index (κ3) is 6.99. The van der Waals surface area contributed by atoms with E-state index in [9.17, 15) is 35.9 Å². The molecule has 1 aliphatic rings. The average molecular weight is 632 g/mol. The van der Waals surface area contributed by atoms with Gasteiger partial charge in [0.15, 0.2) is 0 Å². The maximum absolute atomic E-state index is 13.3. The highest BCUT2D eigenvalue weighted by atomic mass is 19.4. The number of aromatic nitrogens is 2. The molecule has 0 spiro atoms. The number of benzene rings is 3. The molecule has 0 aliphatic heterocycles. The number of halogens is 6. The lowest BCUT2D eigenvalue weighted by molar-refractivity contribution is -0.147. The number of carboxylic acid groups (broad SMARTS) is 1. The lowest BCUT2D eigenvalue weighted by atomic mass is 9.62.